The van der Waals surface area contributed by atoms with Gasteiger partial charge in [0.05, 0.1) is 12.7 Å². The molecule has 1 fully saturated rings. The van der Waals surface area contributed by atoms with Crippen LogP contribution >= 0.6 is 0 Å². The van der Waals surface area contributed by atoms with E-state index >= 15 is 0 Å². The summed E-state index contributed by atoms with van der Waals surface area (Å²) in [6.45, 7) is 4.92. The minimum atomic E-state index is -0.707. The van der Waals surface area contributed by atoms with Gasteiger partial charge in [-0.25, -0.2) is 15.8 Å². The molecule has 21 heavy (non-hydrogen) atoms. The van der Waals surface area contributed by atoms with Crippen LogP contribution in [-0.4, -0.2) is 34.3 Å². The molecule has 0 aliphatic heterocycles. The number of hydrogen-bond donors (Lipinski definition) is 4. The molecule has 0 unspecified atom stereocenters. The topological polar surface area (TPSA) is 105 Å². The molecule has 0 aromatic carbocycles. The highest BCUT2D eigenvalue weighted by atomic mass is 16.5. The zero-order chi connectivity index (χ0) is 15.5. The Kier molecular flexibility index (Phi) is 4.53. The van der Waals surface area contributed by atoms with Crippen LogP contribution in [0.25, 0.3) is 0 Å². The van der Waals surface area contributed by atoms with E-state index in [-0.39, 0.29) is 0 Å². The van der Waals surface area contributed by atoms with Crippen molar-refractivity contribution in [2.24, 2.45) is 11.3 Å². The van der Waals surface area contributed by atoms with E-state index in [1.54, 1.807) is 0 Å². The van der Waals surface area contributed by atoms with Gasteiger partial charge in [0.25, 0.3) is 0 Å². The fourth-order valence-corrected chi connectivity index (χ4v) is 2.61. The Morgan fingerprint density at radius 2 is 1.86 bits per heavy atom. The van der Waals surface area contributed by atoms with Crippen molar-refractivity contribution in [3.05, 3.63) is 6.33 Å². The number of aromatic nitrogens is 2. The lowest BCUT2D eigenvalue weighted by molar-refractivity contribution is -0.0146. The Balaban J connectivity index is 2.03. The Morgan fingerprint density at radius 1 is 1.24 bits per heavy atom. The SMILES string of the molecule is COc1c(NN)ncnc1NCC1(O)CCC(C)(C)CC1. The van der Waals surface area contributed by atoms with Gasteiger partial charge in [0.1, 0.15) is 6.33 Å². The van der Waals surface area contributed by atoms with E-state index in [0.29, 0.717) is 29.3 Å². The molecular formula is C14H25N5O2. The molecule has 2 rings (SSSR count). The van der Waals surface area contributed by atoms with Crippen LogP contribution < -0.4 is 21.3 Å². The first kappa shape index (κ1) is 15.8. The van der Waals surface area contributed by atoms with E-state index in [1.165, 1.54) is 13.4 Å². The number of hydrazine groups is 1. The quantitative estimate of drug-likeness (QED) is 0.482. The van der Waals surface area contributed by atoms with Crippen molar-refractivity contribution in [2.45, 2.75) is 45.1 Å². The molecule has 0 atom stereocenters. The lowest BCUT2D eigenvalue weighted by atomic mass is 9.71. The molecule has 7 nitrogen and oxygen atoms in total. The predicted molar refractivity (Wildman–Crippen MR) is 82.1 cm³/mol. The molecule has 1 aromatic rings. The fourth-order valence-electron chi connectivity index (χ4n) is 2.61. The van der Waals surface area contributed by atoms with Crippen molar-refractivity contribution in [3.63, 3.8) is 0 Å². The third-order valence-electron chi connectivity index (χ3n) is 4.26. The normalized spacial score (nSPS) is 19.9. The zero-order valence-electron chi connectivity index (χ0n) is 12.9. The lowest BCUT2D eigenvalue weighted by Crippen LogP contribution is -2.42. The summed E-state index contributed by atoms with van der Waals surface area (Å²) in [6, 6.07) is 0. The molecule has 1 aliphatic rings. The maximum Gasteiger partial charge on any atom is 0.205 e. The summed E-state index contributed by atoms with van der Waals surface area (Å²) in [7, 11) is 1.53. The van der Waals surface area contributed by atoms with Gasteiger partial charge in [-0.1, -0.05) is 13.8 Å². The van der Waals surface area contributed by atoms with Crippen molar-refractivity contribution in [1.29, 1.82) is 0 Å². The predicted octanol–water partition coefficient (Wildman–Crippen LogP) is 1.51. The van der Waals surface area contributed by atoms with Gasteiger partial charge in [-0.3, -0.25) is 0 Å². The average molecular weight is 295 g/mol. The molecule has 1 aromatic heterocycles. The number of anilines is 2. The van der Waals surface area contributed by atoms with Gasteiger partial charge >= 0.3 is 0 Å². The zero-order valence-corrected chi connectivity index (χ0v) is 12.9. The van der Waals surface area contributed by atoms with Crippen LogP contribution in [0, 0.1) is 5.41 Å². The van der Waals surface area contributed by atoms with E-state index in [1.807, 2.05) is 0 Å². The van der Waals surface area contributed by atoms with Crippen LogP contribution in [0.2, 0.25) is 0 Å². The smallest absolute Gasteiger partial charge is 0.205 e. The van der Waals surface area contributed by atoms with Crippen LogP contribution in [0.3, 0.4) is 0 Å². The molecule has 1 aliphatic carbocycles. The van der Waals surface area contributed by atoms with E-state index in [2.05, 4.69) is 34.6 Å². The van der Waals surface area contributed by atoms with E-state index in [4.69, 9.17) is 10.6 Å². The molecular weight excluding hydrogens is 270 g/mol. The van der Waals surface area contributed by atoms with Gasteiger partial charge < -0.3 is 20.6 Å². The Bertz CT molecular complexity index is 482. The van der Waals surface area contributed by atoms with Gasteiger partial charge in [-0.15, -0.1) is 0 Å². The maximum absolute atomic E-state index is 10.7. The third-order valence-corrected chi connectivity index (χ3v) is 4.26. The molecule has 0 radical (unpaired) electrons. The standard InChI is InChI=1S/C14H25N5O2/c1-13(2)4-6-14(20,7-5-13)8-16-11-10(21-3)12(19-15)18-9-17-11/h9,20H,4-8,15H2,1-3H3,(H2,16,17,18,19). The van der Waals surface area contributed by atoms with Crippen molar-refractivity contribution in [1.82, 2.24) is 9.97 Å². The number of hydrogen-bond acceptors (Lipinski definition) is 7. The molecule has 7 heteroatoms. The summed E-state index contributed by atoms with van der Waals surface area (Å²) in [6.07, 6.45) is 4.99. The molecule has 0 bridgehead atoms. The van der Waals surface area contributed by atoms with Crippen molar-refractivity contribution >= 4 is 11.6 Å². The summed E-state index contributed by atoms with van der Waals surface area (Å²) < 4.78 is 5.26. The van der Waals surface area contributed by atoms with E-state index in [0.717, 1.165) is 25.7 Å². The van der Waals surface area contributed by atoms with Crippen molar-refractivity contribution in [2.75, 3.05) is 24.4 Å². The van der Waals surface area contributed by atoms with Crippen LogP contribution in [-0.2, 0) is 0 Å². The van der Waals surface area contributed by atoms with Gasteiger partial charge in [-0.2, -0.15) is 0 Å². The molecule has 1 saturated carbocycles. The number of nitrogens with one attached hydrogen (secondary N) is 2. The second-order valence-electron chi connectivity index (χ2n) is 6.49. The van der Waals surface area contributed by atoms with Crippen LogP contribution in [0.15, 0.2) is 6.33 Å². The highest BCUT2D eigenvalue weighted by molar-refractivity contribution is 5.63. The Morgan fingerprint density at radius 3 is 2.43 bits per heavy atom. The first-order chi connectivity index (χ1) is 9.89. The monoisotopic (exact) mass is 295 g/mol. The largest absolute Gasteiger partial charge is 0.490 e. The molecule has 0 saturated heterocycles. The van der Waals surface area contributed by atoms with E-state index < -0.39 is 5.60 Å². The minimum Gasteiger partial charge on any atom is -0.490 e. The number of aliphatic hydroxyl groups is 1. The van der Waals surface area contributed by atoms with Crippen LogP contribution in [0.1, 0.15) is 39.5 Å². The number of nitrogens with two attached hydrogens (primary N) is 1. The summed E-state index contributed by atoms with van der Waals surface area (Å²) in [5.41, 5.74) is 2.07. The van der Waals surface area contributed by atoms with Gasteiger partial charge in [-0.05, 0) is 31.1 Å². The molecule has 118 valence electrons. The minimum absolute atomic E-state index is 0.315. The van der Waals surface area contributed by atoms with E-state index in [9.17, 15) is 5.11 Å². The van der Waals surface area contributed by atoms with Gasteiger partial charge in [0.2, 0.25) is 5.75 Å². The number of rotatable bonds is 5. The lowest BCUT2D eigenvalue weighted by Gasteiger charge is -2.40. The maximum atomic E-state index is 10.7. The summed E-state index contributed by atoms with van der Waals surface area (Å²) >= 11 is 0. The van der Waals surface area contributed by atoms with Crippen LogP contribution in [0.4, 0.5) is 11.6 Å². The van der Waals surface area contributed by atoms with Crippen molar-refractivity contribution in [3.8, 4) is 5.75 Å². The molecule has 1 heterocycles. The average Bonchev–Trinajstić information content (AvgIpc) is 2.48. The highest BCUT2D eigenvalue weighted by Gasteiger charge is 2.36. The van der Waals surface area contributed by atoms with Gasteiger partial charge in [0.15, 0.2) is 11.6 Å². The fraction of sp³-hybridized carbons (Fsp3) is 0.714. The second-order valence-corrected chi connectivity index (χ2v) is 6.49. The first-order valence-corrected chi connectivity index (χ1v) is 7.21. The third kappa shape index (κ3) is 3.74. The molecule has 5 N–H and O–H groups in total. The number of nitrogens with zero attached hydrogens (tertiary/aromatic N) is 2. The van der Waals surface area contributed by atoms with Crippen molar-refractivity contribution < 1.29 is 9.84 Å². The molecule has 0 amide bonds. The molecule has 0 spiro atoms. The van der Waals surface area contributed by atoms with Crippen LogP contribution in [0.5, 0.6) is 5.75 Å². The first-order valence-electron chi connectivity index (χ1n) is 7.21. The Labute approximate surface area is 125 Å². The summed E-state index contributed by atoms with van der Waals surface area (Å²) in [5, 5.41) is 13.8. The second kappa shape index (κ2) is 6.03. The highest BCUT2D eigenvalue weighted by Crippen LogP contribution is 2.40. The number of nitrogen functional groups attached to an aromatic ring is 1. The van der Waals surface area contributed by atoms with Gasteiger partial charge in [0, 0.05) is 6.54 Å². The number of methoxy groups -OCH3 is 1. The summed E-state index contributed by atoms with van der Waals surface area (Å²) in [4.78, 5) is 8.13. The number of ether oxygens (including phenoxy) is 1. The Hall–Kier alpha value is -1.60. The summed E-state index contributed by atoms with van der Waals surface area (Å²) in [5.74, 6) is 6.77.